The molecular formula is C14H17NO3. The van der Waals surface area contributed by atoms with Crippen LogP contribution in [0.15, 0.2) is 24.3 Å². The van der Waals surface area contributed by atoms with Crippen molar-refractivity contribution < 1.29 is 14.3 Å². The largest absolute Gasteiger partial charge is 0.449 e. The van der Waals surface area contributed by atoms with Crippen LogP contribution in [0, 0.1) is 12.3 Å². The molecule has 0 fully saturated rings. The average Bonchev–Trinajstić information content (AvgIpc) is 2.42. The van der Waals surface area contributed by atoms with E-state index in [1.165, 1.54) is 0 Å². The zero-order valence-electron chi connectivity index (χ0n) is 10.4. The van der Waals surface area contributed by atoms with Crippen LogP contribution in [0.3, 0.4) is 0 Å². The highest BCUT2D eigenvalue weighted by molar-refractivity contribution is 5.89. The van der Waals surface area contributed by atoms with Crippen molar-refractivity contribution in [1.29, 1.82) is 0 Å². The van der Waals surface area contributed by atoms with Gasteiger partial charge >= 0.3 is 5.97 Å². The summed E-state index contributed by atoms with van der Waals surface area (Å²) in [6.07, 6.45) is 5.02. The molecule has 1 aromatic carbocycles. The molecule has 4 nitrogen and oxygen atoms in total. The maximum atomic E-state index is 11.5. The molecule has 0 aromatic heterocycles. The highest BCUT2D eigenvalue weighted by Gasteiger charge is 2.06. The Labute approximate surface area is 107 Å². The number of rotatable bonds is 6. The second-order valence-corrected chi connectivity index (χ2v) is 3.83. The first-order valence-electron chi connectivity index (χ1n) is 5.68. The number of carbonyl (C=O) groups excluding carboxylic acids is 1. The van der Waals surface area contributed by atoms with Crippen LogP contribution in [0.1, 0.15) is 22.8 Å². The Morgan fingerprint density at radius 1 is 1.44 bits per heavy atom. The van der Waals surface area contributed by atoms with Gasteiger partial charge < -0.3 is 15.2 Å². The van der Waals surface area contributed by atoms with Crippen LogP contribution in [0.25, 0.3) is 0 Å². The minimum Gasteiger partial charge on any atom is -0.449 e. The lowest BCUT2D eigenvalue weighted by molar-refractivity contribution is 0.0553. The number of hydrogen-bond acceptors (Lipinski definition) is 4. The van der Waals surface area contributed by atoms with Crippen molar-refractivity contribution in [3.8, 4) is 12.3 Å². The number of terminal acetylenes is 1. The van der Waals surface area contributed by atoms with E-state index in [9.17, 15) is 4.79 Å². The molecule has 0 aliphatic heterocycles. The number of nitrogens with two attached hydrogens (primary N) is 1. The predicted molar refractivity (Wildman–Crippen MR) is 68.9 cm³/mol. The van der Waals surface area contributed by atoms with E-state index >= 15 is 0 Å². The second kappa shape index (κ2) is 7.49. The minimum absolute atomic E-state index is 0.0162. The molecule has 1 atom stereocenters. The summed E-state index contributed by atoms with van der Waals surface area (Å²) in [5.41, 5.74) is 6.89. The summed E-state index contributed by atoms with van der Waals surface area (Å²) in [4.78, 5) is 11.5. The van der Waals surface area contributed by atoms with Gasteiger partial charge in [-0.1, -0.05) is 18.1 Å². The van der Waals surface area contributed by atoms with Gasteiger partial charge in [0.2, 0.25) is 0 Å². The molecule has 18 heavy (non-hydrogen) atoms. The minimum atomic E-state index is -0.421. The van der Waals surface area contributed by atoms with Gasteiger partial charge in [-0.25, -0.2) is 4.79 Å². The maximum Gasteiger partial charge on any atom is 0.339 e. The van der Waals surface area contributed by atoms with Crippen molar-refractivity contribution in [2.24, 2.45) is 5.73 Å². The molecular weight excluding hydrogens is 230 g/mol. The number of ether oxygens (including phenoxy) is 2. The number of esters is 1. The molecule has 0 aliphatic carbocycles. The van der Waals surface area contributed by atoms with E-state index in [0.717, 1.165) is 5.56 Å². The smallest absolute Gasteiger partial charge is 0.339 e. The molecule has 1 aromatic rings. The molecule has 0 heterocycles. The Morgan fingerprint density at radius 2 is 2.11 bits per heavy atom. The normalized spacial score (nSPS) is 11.6. The molecule has 2 N–H and O–H groups in total. The van der Waals surface area contributed by atoms with Gasteiger partial charge in [-0.2, -0.15) is 0 Å². The lowest BCUT2D eigenvalue weighted by atomic mass is 10.1. The van der Waals surface area contributed by atoms with Gasteiger partial charge in [0.05, 0.1) is 18.3 Å². The summed E-state index contributed by atoms with van der Waals surface area (Å²) in [5.74, 6) is 1.82. The third-order valence-electron chi connectivity index (χ3n) is 2.34. The van der Waals surface area contributed by atoms with Gasteiger partial charge in [0, 0.05) is 6.54 Å². The van der Waals surface area contributed by atoms with E-state index in [0.29, 0.717) is 18.7 Å². The highest BCUT2D eigenvalue weighted by atomic mass is 16.5. The molecule has 1 unspecified atom stereocenters. The topological polar surface area (TPSA) is 61.5 Å². The summed E-state index contributed by atoms with van der Waals surface area (Å²) >= 11 is 0. The van der Waals surface area contributed by atoms with Crippen molar-refractivity contribution in [3.05, 3.63) is 35.4 Å². The zero-order valence-corrected chi connectivity index (χ0v) is 10.4. The predicted octanol–water partition coefficient (Wildman–Crippen LogP) is 1.34. The molecule has 0 saturated heterocycles. The van der Waals surface area contributed by atoms with E-state index in [2.05, 4.69) is 5.92 Å². The Hall–Kier alpha value is -1.83. The lowest BCUT2D eigenvalue weighted by Crippen LogP contribution is -2.19. The third-order valence-corrected chi connectivity index (χ3v) is 2.34. The van der Waals surface area contributed by atoms with Gasteiger partial charge in [-0.15, -0.1) is 6.42 Å². The van der Waals surface area contributed by atoms with Crippen LogP contribution < -0.4 is 5.73 Å². The van der Waals surface area contributed by atoms with E-state index in [4.69, 9.17) is 21.6 Å². The molecule has 0 spiro atoms. The van der Waals surface area contributed by atoms with E-state index in [-0.39, 0.29) is 12.7 Å². The van der Waals surface area contributed by atoms with Gasteiger partial charge in [0.25, 0.3) is 0 Å². The Balaban J connectivity index is 2.52. The first-order chi connectivity index (χ1) is 8.67. The van der Waals surface area contributed by atoms with Gasteiger partial charge in [-0.3, -0.25) is 0 Å². The third kappa shape index (κ3) is 4.58. The molecule has 1 rings (SSSR count). The maximum absolute atomic E-state index is 11.5. The summed E-state index contributed by atoms with van der Waals surface area (Å²) < 4.78 is 10.3. The second-order valence-electron chi connectivity index (χ2n) is 3.83. The Morgan fingerprint density at radius 3 is 2.67 bits per heavy atom. The van der Waals surface area contributed by atoms with Gasteiger partial charge in [-0.05, 0) is 24.6 Å². The first kappa shape index (κ1) is 14.2. The fourth-order valence-corrected chi connectivity index (χ4v) is 1.23. The van der Waals surface area contributed by atoms with Crippen LogP contribution in [0.4, 0.5) is 0 Å². The Bertz CT molecular complexity index is 420. The Kier molecular flexibility index (Phi) is 5.92. The van der Waals surface area contributed by atoms with Crippen molar-refractivity contribution in [2.45, 2.75) is 19.6 Å². The first-order valence-corrected chi connectivity index (χ1v) is 5.68. The number of hydrogen-bond donors (Lipinski definition) is 1. The molecule has 0 saturated carbocycles. The summed E-state index contributed by atoms with van der Waals surface area (Å²) in [5, 5.41) is 0. The monoisotopic (exact) mass is 247 g/mol. The molecule has 0 bridgehead atoms. The average molecular weight is 247 g/mol. The highest BCUT2D eigenvalue weighted by Crippen LogP contribution is 2.08. The van der Waals surface area contributed by atoms with Crippen LogP contribution in [0.5, 0.6) is 0 Å². The van der Waals surface area contributed by atoms with Crippen molar-refractivity contribution >= 4 is 5.97 Å². The molecule has 4 heteroatoms. The lowest BCUT2D eigenvalue weighted by Gasteiger charge is -2.10. The molecule has 96 valence electrons. The fourth-order valence-electron chi connectivity index (χ4n) is 1.23. The zero-order chi connectivity index (χ0) is 13.4. The molecule has 0 radical (unpaired) electrons. The van der Waals surface area contributed by atoms with Crippen molar-refractivity contribution in [1.82, 2.24) is 0 Å². The van der Waals surface area contributed by atoms with E-state index < -0.39 is 5.97 Å². The standard InChI is InChI=1S/C14H17NO3/c1-3-8-17-14(16)13-6-4-12(5-7-13)10-18-11(2)9-15/h1,4-7,11H,8-10,15H2,2H3. The van der Waals surface area contributed by atoms with Crippen molar-refractivity contribution in [3.63, 3.8) is 0 Å². The summed E-state index contributed by atoms with van der Waals surface area (Å²) in [7, 11) is 0. The summed E-state index contributed by atoms with van der Waals surface area (Å²) in [6, 6.07) is 7.00. The van der Waals surface area contributed by atoms with E-state index in [1.54, 1.807) is 12.1 Å². The van der Waals surface area contributed by atoms with Gasteiger partial charge in [0.1, 0.15) is 0 Å². The van der Waals surface area contributed by atoms with Crippen molar-refractivity contribution in [2.75, 3.05) is 13.2 Å². The van der Waals surface area contributed by atoms with Crippen LogP contribution in [0.2, 0.25) is 0 Å². The number of carbonyl (C=O) groups is 1. The quantitative estimate of drug-likeness (QED) is 0.608. The molecule has 0 amide bonds. The van der Waals surface area contributed by atoms with E-state index in [1.807, 2.05) is 19.1 Å². The SMILES string of the molecule is C#CCOC(=O)c1ccc(COC(C)CN)cc1. The fraction of sp³-hybridized carbons (Fsp3) is 0.357. The van der Waals surface area contributed by atoms with Crippen LogP contribution in [-0.2, 0) is 16.1 Å². The van der Waals surface area contributed by atoms with Crippen LogP contribution in [-0.4, -0.2) is 25.2 Å². The number of benzene rings is 1. The van der Waals surface area contributed by atoms with Crippen LogP contribution >= 0.6 is 0 Å². The van der Waals surface area contributed by atoms with Gasteiger partial charge in [0.15, 0.2) is 6.61 Å². The summed E-state index contributed by atoms with van der Waals surface area (Å²) in [6.45, 7) is 2.85. The molecule has 0 aliphatic rings.